The minimum absolute atomic E-state index is 0.153. The second kappa shape index (κ2) is 7.94. The van der Waals surface area contributed by atoms with E-state index in [4.69, 9.17) is 5.11 Å². The summed E-state index contributed by atoms with van der Waals surface area (Å²) in [5.74, 6) is 0.507. The van der Waals surface area contributed by atoms with Crippen molar-refractivity contribution in [2.45, 2.75) is 19.9 Å². The van der Waals surface area contributed by atoms with E-state index in [-0.39, 0.29) is 13.2 Å². The molecule has 0 radical (unpaired) electrons. The number of aliphatic hydroxyl groups is 1. The zero-order chi connectivity index (χ0) is 13.4. The molecule has 0 aliphatic heterocycles. The molecule has 1 aromatic rings. The van der Waals surface area contributed by atoms with Gasteiger partial charge in [0.2, 0.25) is 0 Å². The predicted molar refractivity (Wildman–Crippen MR) is 66.9 cm³/mol. The molecule has 0 saturated heterocycles. The summed E-state index contributed by atoms with van der Waals surface area (Å²) in [5, 5.41) is 12.1. The van der Waals surface area contributed by atoms with Gasteiger partial charge in [0.15, 0.2) is 0 Å². The quantitative estimate of drug-likeness (QED) is 0.738. The molecule has 6 heteroatoms. The van der Waals surface area contributed by atoms with Crippen molar-refractivity contribution in [1.29, 1.82) is 0 Å². The molecule has 4 nitrogen and oxygen atoms in total. The number of nitrogens with zero attached hydrogens (tertiary/aromatic N) is 2. The van der Waals surface area contributed by atoms with Crippen LogP contribution in [-0.4, -0.2) is 42.8 Å². The summed E-state index contributed by atoms with van der Waals surface area (Å²) >= 11 is 0. The first kappa shape index (κ1) is 14.8. The van der Waals surface area contributed by atoms with Gasteiger partial charge in [0.1, 0.15) is 5.82 Å². The smallest absolute Gasteiger partial charge is 0.255 e. The van der Waals surface area contributed by atoms with E-state index >= 15 is 0 Å². The topological polar surface area (TPSA) is 48.4 Å². The molecule has 0 atom stereocenters. The monoisotopic (exact) mass is 259 g/mol. The van der Waals surface area contributed by atoms with Crippen LogP contribution in [0.1, 0.15) is 12.5 Å². The second-order valence-corrected chi connectivity index (χ2v) is 3.83. The molecule has 0 aliphatic carbocycles. The van der Waals surface area contributed by atoms with Gasteiger partial charge in [-0.25, -0.2) is 13.8 Å². The van der Waals surface area contributed by atoms with Crippen molar-refractivity contribution in [3.8, 4) is 0 Å². The molecule has 1 aromatic heterocycles. The number of alkyl halides is 2. The normalized spacial score (nSPS) is 10.9. The van der Waals surface area contributed by atoms with Gasteiger partial charge in [0.05, 0.1) is 13.2 Å². The van der Waals surface area contributed by atoms with E-state index in [0.29, 0.717) is 12.4 Å². The minimum atomic E-state index is -2.45. The molecule has 0 spiro atoms. The van der Waals surface area contributed by atoms with Crippen LogP contribution in [0.5, 0.6) is 0 Å². The Labute approximate surface area is 106 Å². The van der Waals surface area contributed by atoms with E-state index in [0.717, 1.165) is 12.1 Å². The lowest BCUT2D eigenvalue weighted by atomic mass is 10.2. The van der Waals surface area contributed by atoms with Crippen LogP contribution in [0.4, 0.5) is 14.6 Å². The van der Waals surface area contributed by atoms with Crippen molar-refractivity contribution in [3.63, 3.8) is 0 Å². The third-order valence-corrected chi connectivity index (χ3v) is 2.46. The fraction of sp³-hybridized carbons (Fsp3) is 0.583. The first-order valence-corrected chi connectivity index (χ1v) is 5.97. The molecule has 0 unspecified atom stereocenters. The predicted octanol–water partition coefficient (Wildman–Crippen LogP) is 1.25. The number of pyridine rings is 1. The van der Waals surface area contributed by atoms with Gasteiger partial charge in [-0.15, -0.1) is 0 Å². The molecule has 0 aliphatic rings. The summed E-state index contributed by atoms with van der Waals surface area (Å²) in [5.41, 5.74) is 0.855. The largest absolute Gasteiger partial charge is 0.395 e. The first-order chi connectivity index (χ1) is 8.69. The van der Waals surface area contributed by atoms with Crippen LogP contribution in [0.15, 0.2) is 18.3 Å². The van der Waals surface area contributed by atoms with Gasteiger partial charge in [-0.2, -0.15) is 0 Å². The summed E-state index contributed by atoms with van der Waals surface area (Å²) < 4.78 is 25.0. The fourth-order valence-electron chi connectivity index (χ4n) is 1.68. The number of rotatable bonds is 8. The Morgan fingerprint density at radius 3 is 2.89 bits per heavy atom. The molecular weight excluding hydrogens is 240 g/mol. The van der Waals surface area contributed by atoms with Crippen molar-refractivity contribution in [3.05, 3.63) is 23.9 Å². The maximum atomic E-state index is 12.5. The molecule has 1 rings (SSSR count). The van der Waals surface area contributed by atoms with Gasteiger partial charge in [-0.05, 0) is 12.6 Å². The highest BCUT2D eigenvalue weighted by atomic mass is 19.3. The lowest BCUT2D eigenvalue weighted by molar-refractivity contribution is 0.152. The highest BCUT2D eigenvalue weighted by molar-refractivity contribution is 5.46. The van der Waals surface area contributed by atoms with Crippen LogP contribution in [0, 0.1) is 0 Å². The zero-order valence-corrected chi connectivity index (χ0v) is 10.4. The van der Waals surface area contributed by atoms with Crippen LogP contribution in [0.3, 0.4) is 0 Å². The summed E-state index contributed by atoms with van der Waals surface area (Å²) in [7, 11) is 0. The van der Waals surface area contributed by atoms with Crippen LogP contribution in [-0.2, 0) is 6.54 Å². The van der Waals surface area contributed by atoms with Crippen LogP contribution >= 0.6 is 0 Å². The fourth-order valence-corrected chi connectivity index (χ4v) is 1.68. The summed E-state index contributed by atoms with van der Waals surface area (Å²) in [6.45, 7) is 2.90. The molecule has 0 amide bonds. The Morgan fingerprint density at radius 2 is 2.28 bits per heavy atom. The Morgan fingerprint density at radius 1 is 1.50 bits per heavy atom. The number of anilines is 1. The SMILES string of the molecule is CCNCc1cccnc1N(CCO)CC(F)F. The summed E-state index contributed by atoms with van der Waals surface area (Å²) in [6.07, 6.45) is -0.883. The summed E-state index contributed by atoms with van der Waals surface area (Å²) in [4.78, 5) is 5.56. The third-order valence-electron chi connectivity index (χ3n) is 2.46. The van der Waals surface area contributed by atoms with Crippen LogP contribution < -0.4 is 10.2 Å². The van der Waals surface area contributed by atoms with Crippen LogP contribution in [0.2, 0.25) is 0 Å². The van der Waals surface area contributed by atoms with Gasteiger partial charge in [0, 0.05) is 24.8 Å². The molecule has 0 aromatic carbocycles. The van der Waals surface area contributed by atoms with E-state index in [1.54, 1.807) is 12.3 Å². The van der Waals surface area contributed by atoms with E-state index in [9.17, 15) is 8.78 Å². The van der Waals surface area contributed by atoms with Crippen molar-refractivity contribution in [2.75, 3.05) is 31.1 Å². The van der Waals surface area contributed by atoms with Crippen LogP contribution in [0.25, 0.3) is 0 Å². The van der Waals surface area contributed by atoms with Crippen molar-refractivity contribution >= 4 is 5.82 Å². The molecule has 102 valence electrons. The Balaban J connectivity index is 2.87. The number of aromatic nitrogens is 1. The lowest BCUT2D eigenvalue weighted by Crippen LogP contribution is -2.33. The standard InChI is InChI=1S/C12H19F2N3O/c1-2-15-8-10-4-3-5-16-12(10)17(6-7-18)9-11(13)14/h3-5,11,15,18H,2,6-9H2,1H3. The van der Waals surface area contributed by atoms with Gasteiger partial charge < -0.3 is 15.3 Å². The zero-order valence-electron chi connectivity index (χ0n) is 10.4. The maximum absolute atomic E-state index is 12.5. The highest BCUT2D eigenvalue weighted by Crippen LogP contribution is 2.18. The number of hydrogen-bond donors (Lipinski definition) is 2. The number of nitrogens with one attached hydrogen (secondary N) is 1. The molecule has 0 saturated carbocycles. The Hall–Kier alpha value is -1.27. The molecule has 18 heavy (non-hydrogen) atoms. The maximum Gasteiger partial charge on any atom is 0.255 e. The second-order valence-electron chi connectivity index (χ2n) is 3.83. The molecule has 2 N–H and O–H groups in total. The Kier molecular flexibility index (Phi) is 6.53. The first-order valence-electron chi connectivity index (χ1n) is 5.97. The number of halogens is 2. The van der Waals surface area contributed by atoms with Crippen molar-refractivity contribution in [1.82, 2.24) is 10.3 Å². The molecule has 0 fully saturated rings. The highest BCUT2D eigenvalue weighted by Gasteiger charge is 2.16. The van der Waals surface area contributed by atoms with E-state index in [2.05, 4.69) is 10.3 Å². The van der Waals surface area contributed by atoms with Crippen molar-refractivity contribution in [2.24, 2.45) is 0 Å². The van der Waals surface area contributed by atoms with E-state index < -0.39 is 13.0 Å². The lowest BCUT2D eigenvalue weighted by Gasteiger charge is -2.24. The summed E-state index contributed by atoms with van der Waals surface area (Å²) in [6, 6.07) is 3.62. The van der Waals surface area contributed by atoms with E-state index in [1.165, 1.54) is 4.90 Å². The third kappa shape index (κ3) is 4.54. The average Bonchev–Trinajstić information content (AvgIpc) is 2.36. The number of aliphatic hydroxyl groups excluding tert-OH is 1. The molecule has 1 heterocycles. The molecule has 0 bridgehead atoms. The van der Waals surface area contributed by atoms with Gasteiger partial charge in [0.25, 0.3) is 6.43 Å². The van der Waals surface area contributed by atoms with Gasteiger partial charge in [-0.3, -0.25) is 0 Å². The minimum Gasteiger partial charge on any atom is -0.395 e. The van der Waals surface area contributed by atoms with Crippen molar-refractivity contribution < 1.29 is 13.9 Å². The number of hydrogen-bond acceptors (Lipinski definition) is 4. The van der Waals surface area contributed by atoms with E-state index in [1.807, 2.05) is 13.0 Å². The molecular formula is C12H19F2N3O. The van der Waals surface area contributed by atoms with Gasteiger partial charge in [-0.1, -0.05) is 13.0 Å². The average molecular weight is 259 g/mol. The van der Waals surface area contributed by atoms with Gasteiger partial charge >= 0.3 is 0 Å². The Bertz CT molecular complexity index is 350.